The average molecular weight is 313 g/mol. The Hall–Kier alpha value is -1.48. The first-order valence-corrected chi connectivity index (χ1v) is 8.11. The lowest BCUT2D eigenvalue weighted by molar-refractivity contribution is -0.120. The molecule has 2 aromatic heterocycles. The number of nitrogens with one attached hydrogen (secondary N) is 1. The molecule has 0 aliphatic rings. The predicted octanol–water partition coefficient (Wildman–Crippen LogP) is 1.67. The molecular weight excluding hydrogens is 298 g/mol. The number of rotatable bonds is 8. The fraction of sp³-hybridized carbons (Fsp3) is 0.545. The van der Waals surface area contributed by atoms with Gasteiger partial charge in [0.25, 0.3) is 0 Å². The third-order valence-electron chi connectivity index (χ3n) is 2.34. The maximum Gasteiger partial charge on any atom is 0.237 e. The molecule has 2 heterocycles. The van der Waals surface area contributed by atoms with Gasteiger partial charge in [0.15, 0.2) is 10.2 Å². The Kier molecular flexibility index (Phi) is 5.93. The molecule has 0 atom stereocenters. The Bertz CT molecular complexity index is 529. The van der Waals surface area contributed by atoms with Crippen molar-refractivity contribution in [1.29, 1.82) is 0 Å². The highest BCUT2D eigenvalue weighted by atomic mass is 32.2. The number of thioether (sulfide) groups is 1. The number of unbranched alkanes of at least 4 members (excludes halogenated alkanes) is 1. The summed E-state index contributed by atoms with van der Waals surface area (Å²) in [6.45, 7) is 2.76. The van der Waals surface area contributed by atoms with Crippen molar-refractivity contribution in [3.8, 4) is 0 Å². The van der Waals surface area contributed by atoms with Gasteiger partial charge in [0.05, 0.1) is 12.2 Å². The van der Waals surface area contributed by atoms with Crippen molar-refractivity contribution in [3.63, 3.8) is 0 Å². The zero-order valence-corrected chi connectivity index (χ0v) is 12.7. The second-order valence-corrected chi connectivity index (χ2v) is 6.03. The minimum atomic E-state index is -0.0809. The van der Waals surface area contributed by atoms with Crippen molar-refractivity contribution in [2.75, 3.05) is 6.54 Å². The molecule has 9 heteroatoms. The first kappa shape index (κ1) is 14.9. The maximum absolute atomic E-state index is 11.6. The molecule has 2 rings (SSSR count). The fourth-order valence-electron chi connectivity index (χ4n) is 1.38. The number of carbonyl (C=O) groups excluding carboxylic acids is 1. The van der Waals surface area contributed by atoms with Crippen LogP contribution in [0.25, 0.3) is 0 Å². The Balaban J connectivity index is 1.75. The number of amides is 1. The lowest BCUT2D eigenvalue weighted by atomic mass is 10.3. The van der Waals surface area contributed by atoms with Gasteiger partial charge in [-0.25, -0.2) is 0 Å². The first-order chi connectivity index (χ1) is 9.78. The van der Waals surface area contributed by atoms with Gasteiger partial charge in [0.2, 0.25) is 11.8 Å². The predicted molar refractivity (Wildman–Crippen MR) is 75.4 cm³/mol. The normalized spacial score (nSPS) is 10.7. The lowest BCUT2D eigenvalue weighted by Crippen LogP contribution is -2.26. The summed E-state index contributed by atoms with van der Waals surface area (Å²) < 4.78 is 5.93. The quantitative estimate of drug-likeness (QED) is 0.585. The molecule has 0 aromatic carbocycles. The topological polar surface area (TPSA) is 93.8 Å². The van der Waals surface area contributed by atoms with Crippen LogP contribution in [-0.4, -0.2) is 32.8 Å². The molecular formula is C11H15N5O2S2. The summed E-state index contributed by atoms with van der Waals surface area (Å²) in [7, 11) is 0. The van der Waals surface area contributed by atoms with Gasteiger partial charge in [-0.3, -0.25) is 4.79 Å². The van der Waals surface area contributed by atoms with Gasteiger partial charge in [-0.1, -0.05) is 41.6 Å². The zero-order valence-electron chi connectivity index (χ0n) is 11.0. The third kappa shape index (κ3) is 4.89. The summed E-state index contributed by atoms with van der Waals surface area (Å²) in [5, 5.41) is 14.3. The average Bonchev–Trinajstić information content (AvgIpc) is 3.08. The van der Waals surface area contributed by atoms with Crippen LogP contribution in [0.3, 0.4) is 0 Å². The molecule has 0 unspecified atom stereocenters. The summed E-state index contributed by atoms with van der Waals surface area (Å²) >= 11 is 2.93. The van der Waals surface area contributed by atoms with Crippen molar-refractivity contribution in [1.82, 2.24) is 25.7 Å². The smallest absolute Gasteiger partial charge is 0.237 e. The van der Waals surface area contributed by atoms with E-state index in [4.69, 9.17) is 4.52 Å². The first-order valence-electron chi connectivity index (χ1n) is 6.25. The lowest BCUT2D eigenvalue weighted by Gasteiger charge is -2.00. The molecule has 0 fully saturated rings. The third-order valence-corrected chi connectivity index (χ3v) is 4.19. The second kappa shape index (κ2) is 7.95. The van der Waals surface area contributed by atoms with E-state index in [1.807, 2.05) is 0 Å². The van der Waals surface area contributed by atoms with E-state index in [1.54, 1.807) is 5.51 Å². The highest BCUT2D eigenvalue weighted by molar-refractivity contribution is 8.00. The van der Waals surface area contributed by atoms with Crippen LogP contribution in [-0.2, 0) is 17.0 Å². The van der Waals surface area contributed by atoms with Crippen molar-refractivity contribution in [2.45, 2.75) is 36.3 Å². The van der Waals surface area contributed by atoms with Crippen LogP contribution in [0.4, 0.5) is 0 Å². The fourth-order valence-corrected chi connectivity index (χ4v) is 2.71. The van der Waals surface area contributed by atoms with E-state index in [9.17, 15) is 4.79 Å². The number of carbonyl (C=O) groups is 1. The van der Waals surface area contributed by atoms with E-state index in [0.717, 1.165) is 17.2 Å². The van der Waals surface area contributed by atoms with Gasteiger partial charge in [0.1, 0.15) is 5.51 Å². The summed E-state index contributed by atoms with van der Waals surface area (Å²) in [4.78, 5) is 15.8. The van der Waals surface area contributed by atoms with E-state index in [2.05, 4.69) is 32.6 Å². The van der Waals surface area contributed by atoms with Gasteiger partial charge >= 0.3 is 0 Å². The molecule has 0 aliphatic heterocycles. The van der Waals surface area contributed by atoms with Gasteiger partial charge < -0.3 is 9.84 Å². The minimum absolute atomic E-state index is 0.0809. The van der Waals surface area contributed by atoms with Gasteiger partial charge in [-0.2, -0.15) is 4.98 Å². The van der Waals surface area contributed by atoms with E-state index in [0.29, 0.717) is 24.0 Å². The molecule has 0 bridgehead atoms. The van der Waals surface area contributed by atoms with Crippen molar-refractivity contribution in [2.24, 2.45) is 0 Å². The zero-order chi connectivity index (χ0) is 14.2. The standard InChI is InChI=1S/C11H15N5O2S2/c1-2-3-4-12-9(17)5-8-14-10(18-16-8)6-19-11-15-13-7-20-11/h7H,2-6H2,1H3,(H,12,17). The highest BCUT2D eigenvalue weighted by Crippen LogP contribution is 2.22. The number of hydrogen-bond acceptors (Lipinski definition) is 8. The molecule has 0 radical (unpaired) electrons. The molecule has 108 valence electrons. The van der Waals surface area contributed by atoms with Gasteiger partial charge in [-0.15, -0.1) is 10.2 Å². The van der Waals surface area contributed by atoms with Crippen LogP contribution in [0.5, 0.6) is 0 Å². The number of aromatic nitrogens is 4. The molecule has 0 aliphatic carbocycles. The monoisotopic (exact) mass is 313 g/mol. The Morgan fingerprint density at radius 2 is 2.45 bits per heavy atom. The molecule has 1 N–H and O–H groups in total. The SMILES string of the molecule is CCCCNC(=O)Cc1noc(CSc2nncs2)n1. The molecule has 0 spiro atoms. The van der Waals surface area contributed by atoms with Crippen LogP contribution in [0.1, 0.15) is 31.5 Å². The van der Waals surface area contributed by atoms with Crippen molar-refractivity contribution < 1.29 is 9.32 Å². The van der Waals surface area contributed by atoms with Crippen molar-refractivity contribution in [3.05, 3.63) is 17.2 Å². The van der Waals surface area contributed by atoms with Crippen LogP contribution >= 0.6 is 23.1 Å². The highest BCUT2D eigenvalue weighted by Gasteiger charge is 2.11. The van der Waals surface area contributed by atoms with Crippen LogP contribution in [0, 0.1) is 0 Å². The Morgan fingerprint density at radius 1 is 1.55 bits per heavy atom. The van der Waals surface area contributed by atoms with E-state index >= 15 is 0 Å². The van der Waals surface area contributed by atoms with E-state index in [1.165, 1.54) is 23.1 Å². The molecule has 0 saturated heterocycles. The Morgan fingerprint density at radius 3 is 3.20 bits per heavy atom. The maximum atomic E-state index is 11.6. The summed E-state index contributed by atoms with van der Waals surface area (Å²) in [6.07, 6.45) is 2.17. The second-order valence-electron chi connectivity index (χ2n) is 3.98. The van der Waals surface area contributed by atoms with Crippen LogP contribution < -0.4 is 5.32 Å². The molecule has 20 heavy (non-hydrogen) atoms. The summed E-state index contributed by atoms with van der Waals surface area (Å²) in [6, 6.07) is 0. The van der Waals surface area contributed by atoms with E-state index in [-0.39, 0.29) is 12.3 Å². The summed E-state index contributed by atoms with van der Waals surface area (Å²) in [5.74, 6) is 1.34. The Labute approximate surface area is 124 Å². The molecule has 1 amide bonds. The summed E-state index contributed by atoms with van der Waals surface area (Å²) in [5.41, 5.74) is 1.67. The largest absolute Gasteiger partial charge is 0.356 e. The number of nitrogens with zero attached hydrogens (tertiary/aromatic N) is 4. The van der Waals surface area contributed by atoms with Gasteiger partial charge in [0, 0.05) is 6.54 Å². The van der Waals surface area contributed by atoms with Crippen molar-refractivity contribution >= 4 is 29.0 Å². The van der Waals surface area contributed by atoms with Crippen LogP contribution in [0.15, 0.2) is 14.4 Å². The molecule has 0 saturated carbocycles. The number of hydrogen-bond donors (Lipinski definition) is 1. The van der Waals surface area contributed by atoms with Gasteiger partial charge in [-0.05, 0) is 6.42 Å². The van der Waals surface area contributed by atoms with E-state index < -0.39 is 0 Å². The van der Waals surface area contributed by atoms with Crippen LogP contribution in [0.2, 0.25) is 0 Å². The minimum Gasteiger partial charge on any atom is -0.356 e. The molecule has 7 nitrogen and oxygen atoms in total. The molecule has 2 aromatic rings.